The quantitative estimate of drug-likeness (QED) is 0.839. The minimum absolute atomic E-state index is 0.365. The van der Waals surface area contributed by atoms with Gasteiger partial charge in [0, 0.05) is 10.0 Å². The molecule has 0 aliphatic rings. The van der Waals surface area contributed by atoms with Crippen LogP contribution in [0.4, 0.5) is 0 Å². The first-order chi connectivity index (χ1) is 8.97. The van der Waals surface area contributed by atoms with E-state index in [0.29, 0.717) is 4.99 Å². The summed E-state index contributed by atoms with van der Waals surface area (Å²) in [4.78, 5) is 0.365. The topological polar surface area (TPSA) is 35.2 Å². The highest BCUT2D eigenvalue weighted by atomic mass is 79.9. The van der Waals surface area contributed by atoms with Gasteiger partial charge in [-0.25, -0.2) is 0 Å². The van der Waals surface area contributed by atoms with Crippen LogP contribution in [0.2, 0.25) is 0 Å². The fourth-order valence-corrected chi connectivity index (χ4v) is 2.55. The third-order valence-corrected chi connectivity index (χ3v) is 3.80. The molecule has 0 spiro atoms. The van der Waals surface area contributed by atoms with E-state index in [4.69, 9.17) is 22.7 Å². The van der Waals surface area contributed by atoms with Crippen LogP contribution in [-0.2, 0) is 0 Å². The van der Waals surface area contributed by atoms with Crippen molar-refractivity contribution in [2.24, 2.45) is 5.73 Å². The Balaban J connectivity index is 2.26. The van der Waals surface area contributed by atoms with Crippen LogP contribution in [0.5, 0.6) is 11.5 Å². The van der Waals surface area contributed by atoms with Gasteiger partial charge in [0.05, 0.1) is 0 Å². The van der Waals surface area contributed by atoms with Crippen LogP contribution in [0, 0.1) is 13.8 Å². The van der Waals surface area contributed by atoms with Crippen molar-refractivity contribution in [2.45, 2.75) is 13.8 Å². The molecule has 0 aromatic heterocycles. The van der Waals surface area contributed by atoms with Crippen LogP contribution in [0.3, 0.4) is 0 Å². The molecule has 0 aliphatic heterocycles. The molecule has 2 aromatic rings. The van der Waals surface area contributed by atoms with Gasteiger partial charge in [0.2, 0.25) is 0 Å². The molecule has 19 heavy (non-hydrogen) atoms. The van der Waals surface area contributed by atoms with Gasteiger partial charge in [0.25, 0.3) is 0 Å². The number of nitrogens with two attached hydrogens (primary N) is 1. The van der Waals surface area contributed by atoms with Crippen LogP contribution in [0.25, 0.3) is 0 Å². The number of thiocarbonyl (C=S) groups is 1. The van der Waals surface area contributed by atoms with Gasteiger partial charge >= 0.3 is 0 Å². The molecule has 0 saturated heterocycles. The van der Waals surface area contributed by atoms with Crippen molar-refractivity contribution < 1.29 is 4.74 Å². The molecule has 0 bridgehead atoms. The maximum absolute atomic E-state index is 5.82. The zero-order valence-electron chi connectivity index (χ0n) is 10.7. The number of halogens is 1. The maximum Gasteiger partial charge on any atom is 0.128 e. The lowest BCUT2D eigenvalue weighted by atomic mass is 10.1. The predicted molar refractivity (Wildman–Crippen MR) is 86.0 cm³/mol. The average molecular weight is 336 g/mol. The lowest BCUT2D eigenvalue weighted by Gasteiger charge is -2.10. The summed E-state index contributed by atoms with van der Waals surface area (Å²) >= 11 is 8.40. The lowest BCUT2D eigenvalue weighted by Crippen LogP contribution is -2.09. The van der Waals surface area contributed by atoms with Gasteiger partial charge in [-0.1, -0.05) is 18.3 Å². The summed E-state index contributed by atoms with van der Waals surface area (Å²) in [5, 5.41) is 0. The van der Waals surface area contributed by atoms with Crippen molar-refractivity contribution >= 4 is 33.1 Å². The minimum Gasteiger partial charge on any atom is -0.457 e. The van der Waals surface area contributed by atoms with E-state index in [1.807, 2.05) is 36.4 Å². The molecule has 0 heterocycles. The summed E-state index contributed by atoms with van der Waals surface area (Å²) in [6.07, 6.45) is 0. The van der Waals surface area contributed by atoms with Crippen molar-refractivity contribution in [3.63, 3.8) is 0 Å². The van der Waals surface area contributed by atoms with E-state index in [1.165, 1.54) is 11.1 Å². The van der Waals surface area contributed by atoms with Gasteiger partial charge in [0.1, 0.15) is 16.5 Å². The van der Waals surface area contributed by atoms with E-state index in [2.05, 4.69) is 29.8 Å². The Labute approximate surface area is 126 Å². The normalized spacial score (nSPS) is 10.3. The standard InChI is InChI=1S/C15H14BrNOS/c1-9-3-4-11(7-10(9)2)18-12-5-6-13(15(17)19)14(16)8-12/h3-8H,1-2H3,(H2,17,19). The first-order valence-corrected chi connectivity index (χ1v) is 7.02. The molecular formula is C15H14BrNOS. The van der Waals surface area contributed by atoms with E-state index in [1.54, 1.807) is 0 Å². The number of hydrogen-bond acceptors (Lipinski definition) is 2. The summed E-state index contributed by atoms with van der Waals surface area (Å²) in [7, 11) is 0. The summed E-state index contributed by atoms with van der Waals surface area (Å²) in [6.45, 7) is 4.14. The molecule has 0 saturated carbocycles. The zero-order chi connectivity index (χ0) is 14.0. The number of hydrogen-bond donors (Lipinski definition) is 1. The molecule has 0 radical (unpaired) electrons. The third kappa shape index (κ3) is 3.33. The van der Waals surface area contributed by atoms with Gasteiger partial charge in [0.15, 0.2) is 0 Å². The van der Waals surface area contributed by atoms with Crippen molar-refractivity contribution in [1.82, 2.24) is 0 Å². The highest BCUT2D eigenvalue weighted by Crippen LogP contribution is 2.28. The molecular weight excluding hydrogens is 322 g/mol. The summed E-state index contributed by atoms with van der Waals surface area (Å²) in [5.41, 5.74) is 8.87. The molecule has 0 unspecified atom stereocenters. The fraction of sp³-hybridized carbons (Fsp3) is 0.133. The summed E-state index contributed by atoms with van der Waals surface area (Å²) in [6, 6.07) is 11.6. The Hall–Kier alpha value is -1.39. The summed E-state index contributed by atoms with van der Waals surface area (Å²) < 4.78 is 6.65. The third-order valence-electron chi connectivity index (χ3n) is 2.92. The average Bonchev–Trinajstić information content (AvgIpc) is 2.33. The fourth-order valence-electron chi connectivity index (χ4n) is 1.67. The Bertz CT molecular complexity index is 640. The Morgan fingerprint density at radius 1 is 1.05 bits per heavy atom. The number of rotatable bonds is 3. The Morgan fingerprint density at radius 2 is 1.68 bits per heavy atom. The highest BCUT2D eigenvalue weighted by molar-refractivity contribution is 9.10. The van der Waals surface area contributed by atoms with E-state index >= 15 is 0 Å². The van der Waals surface area contributed by atoms with Crippen molar-refractivity contribution in [3.05, 3.63) is 57.6 Å². The molecule has 0 fully saturated rings. The van der Waals surface area contributed by atoms with Crippen LogP contribution >= 0.6 is 28.1 Å². The van der Waals surface area contributed by atoms with Crippen molar-refractivity contribution in [2.75, 3.05) is 0 Å². The Morgan fingerprint density at radius 3 is 2.26 bits per heavy atom. The SMILES string of the molecule is Cc1ccc(Oc2ccc(C(N)=S)c(Br)c2)cc1C. The van der Waals surface area contributed by atoms with Crippen LogP contribution < -0.4 is 10.5 Å². The second-order valence-corrected chi connectivity index (χ2v) is 5.65. The predicted octanol–water partition coefficient (Wildman–Crippen LogP) is 4.49. The molecule has 2 nitrogen and oxygen atoms in total. The molecule has 2 rings (SSSR count). The van der Waals surface area contributed by atoms with Crippen molar-refractivity contribution in [3.8, 4) is 11.5 Å². The summed E-state index contributed by atoms with van der Waals surface area (Å²) in [5.74, 6) is 1.56. The second-order valence-electron chi connectivity index (χ2n) is 4.35. The molecule has 0 atom stereocenters. The van der Waals surface area contributed by atoms with Gasteiger partial charge in [-0.05, 0) is 71.2 Å². The highest BCUT2D eigenvalue weighted by Gasteiger charge is 2.06. The van der Waals surface area contributed by atoms with E-state index in [0.717, 1.165) is 21.5 Å². The second kappa shape index (κ2) is 5.72. The van der Waals surface area contributed by atoms with Gasteiger partial charge in [-0.2, -0.15) is 0 Å². The molecule has 2 aromatic carbocycles. The molecule has 0 aliphatic carbocycles. The van der Waals surface area contributed by atoms with Gasteiger partial charge in [-0.3, -0.25) is 0 Å². The van der Waals surface area contributed by atoms with Crippen LogP contribution in [-0.4, -0.2) is 4.99 Å². The number of aryl methyl sites for hydroxylation is 2. The first kappa shape index (κ1) is 14.0. The molecule has 0 amide bonds. The maximum atomic E-state index is 5.82. The van der Waals surface area contributed by atoms with Crippen molar-refractivity contribution in [1.29, 1.82) is 0 Å². The molecule has 98 valence electrons. The molecule has 4 heteroatoms. The van der Waals surface area contributed by atoms with E-state index < -0.39 is 0 Å². The van der Waals surface area contributed by atoms with Gasteiger partial charge < -0.3 is 10.5 Å². The number of ether oxygens (including phenoxy) is 1. The number of benzene rings is 2. The first-order valence-electron chi connectivity index (χ1n) is 5.82. The van der Waals surface area contributed by atoms with E-state index in [9.17, 15) is 0 Å². The monoisotopic (exact) mass is 335 g/mol. The lowest BCUT2D eigenvalue weighted by molar-refractivity contribution is 0.482. The smallest absolute Gasteiger partial charge is 0.128 e. The minimum atomic E-state index is 0.365. The molecule has 2 N–H and O–H groups in total. The Kier molecular flexibility index (Phi) is 4.22. The van der Waals surface area contributed by atoms with Gasteiger partial charge in [-0.15, -0.1) is 0 Å². The van der Waals surface area contributed by atoms with E-state index in [-0.39, 0.29) is 0 Å². The van der Waals surface area contributed by atoms with Crippen LogP contribution in [0.1, 0.15) is 16.7 Å². The zero-order valence-corrected chi connectivity index (χ0v) is 13.1. The van der Waals surface area contributed by atoms with Crippen LogP contribution in [0.15, 0.2) is 40.9 Å². The largest absolute Gasteiger partial charge is 0.457 e.